The third kappa shape index (κ3) is 2.44. The molecule has 1 amide bonds. The van der Waals surface area contributed by atoms with E-state index in [0.29, 0.717) is 5.56 Å². The number of aromatic nitrogens is 1. The Morgan fingerprint density at radius 1 is 1.27 bits per heavy atom. The number of halogens is 1. The first-order valence-corrected chi connectivity index (χ1v) is 6.90. The molecule has 22 heavy (non-hydrogen) atoms. The van der Waals surface area contributed by atoms with Crippen molar-refractivity contribution in [3.8, 4) is 11.5 Å². The van der Waals surface area contributed by atoms with E-state index >= 15 is 0 Å². The quantitative estimate of drug-likeness (QED) is 0.568. The minimum absolute atomic E-state index is 0.0694. The second-order valence-electron chi connectivity index (χ2n) is 4.49. The predicted octanol–water partition coefficient (Wildman–Crippen LogP) is 3.26. The molecule has 0 atom stereocenters. The second kappa shape index (κ2) is 5.23. The van der Waals surface area contributed by atoms with Crippen LogP contribution in [-0.4, -0.2) is 15.8 Å². The Morgan fingerprint density at radius 2 is 1.95 bits per heavy atom. The van der Waals surface area contributed by atoms with E-state index in [1.54, 1.807) is 12.1 Å². The molecule has 3 aromatic rings. The Labute approximate surface area is 132 Å². The number of nitro benzene ring substituents is 1. The summed E-state index contributed by atoms with van der Waals surface area (Å²) in [4.78, 5) is 26.0. The number of carbonyl (C=O) groups excluding carboxylic acids is 1. The first kappa shape index (κ1) is 14.2. The van der Waals surface area contributed by atoms with E-state index in [0.717, 1.165) is 10.5 Å². The first-order valence-electron chi connectivity index (χ1n) is 6.10. The van der Waals surface area contributed by atoms with Crippen molar-refractivity contribution in [2.24, 2.45) is 5.73 Å². The number of hydrogen-bond donors (Lipinski definition) is 1. The number of carbonyl (C=O) groups is 1. The molecule has 0 bridgehead atoms. The zero-order valence-electron chi connectivity index (χ0n) is 10.9. The Morgan fingerprint density at radius 3 is 2.55 bits per heavy atom. The molecule has 8 heteroatoms. The van der Waals surface area contributed by atoms with Gasteiger partial charge in [-0.25, -0.2) is 4.98 Å². The van der Waals surface area contributed by atoms with Crippen LogP contribution in [0, 0.1) is 10.1 Å². The minimum Gasteiger partial charge on any atom is -0.435 e. The fourth-order valence-electron chi connectivity index (χ4n) is 2.02. The Bertz CT molecular complexity index is 902. The fourth-order valence-corrected chi connectivity index (χ4v) is 2.29. The van der Waals surface area contributed by atoms with Gasteiger partial charge in [-0.05, 0) is 24.3 Å². The van der Waals surface area contributed by atoms with E-state index in [-0.39, 0.29) is 28.2 Å². The average Bonchev–Trinajstić information content (AvgIpc) is 2.90. The molecule has 0 radical (unpaired) electrons. The molecule has 1 aromatic heterocycles. The number of nitrogens with zero attached hydrogens (tertiary/aromatic N) is 2. The summed E-state index contributed by atoms with van der Waals surface area (Å²) in [6, 6.07) is 9.48. The highest BCUT2D eigenvalue weighted by Gasteiger charge is 2.20. The van der Waals surface area contributed by atoms with E-state index in [9.17, 15) is 14.9 Å². The maximum Gasteiger partial charge on any atom is 0.272 e. The van der Waals surface area contributed by atoms with Crippen LogP contribution in [0.25, 0.3) is 22.6 Å². The van der Waals surface area contributed by atoms with Gasteiger partial charge in [0, 0.05) is 22.2 Å². The smallest absolute Gasteiger partial charge is 0.272 e. The SMILES string of the molecule is NC(=O)c1cc([N+](=O)[O-])cc2nc(-c3ccc(Br)cc3)oc12. The molecule has 0 aliphatic carbocycles. The van der Waals surface area contributed by atoms with Gasteiger partial charge in [-0.2, -0.15) is 0 Å². The summed E-state index contributed by atoms with van der Waals surface area (Å²) in [6.07, 6.45) is 0. The molecule has 110 valence electrons. The van der Waals surface area contributed by atoms with Gasteiger partial charge in [0.15, 0.2) is 5.58 Å². The minimum atomic E-state index is -0.813. The van der Waals surface area contributed by atoms with Crippen LogP contribution in [0.15, 0.2) is 45.3 Å². The molecule has 0 unspecified atom stereocenters. The summed E-state index contributed by atoms with van der Waals surface area (Å²) >= 11 is 3.32. The lowest BCUT2D eigenvalue weighted by Gasteiger charge is -1.97. The van der Waals surface area contributed by atoms with Crippen LogP contribution in [0.2, 0.25) is 0 Å². The van der Waals surface area contributed by atoms with Gasteiger partial charge in [0.1, 0.15) is 5.52 Å². The zero-order chi connectivity index (χ0) is 15.9. The number of primary amides is 1. The summed E-state index contributed by atoms with van der Waals surface area (Å²) in [5, 5.41) is 10.9. The average molecular weight is 362 g/mol. The maximum absolute atomic E-state index is 11.5. The van der Waals surface area contributed by atoms with Crippen molar-refractivity contribution in [2.45, 2.75) is 0 Å². The molecule has 0 saturated heterocycles. The standard InChI is InChI=1S/C14H8BrN3O4/c15-8-3-1-7(2-4-8)14-17-11-6-9(18(20)21)5-10(13(16)19)12(11)22-14/h1-6H,(H2,16,19). The van der Waals surface area contributed by atoms with Crippen molar-refractivity contribution in [3.05, 3.63) is 56.5 Å². The molecule has 1 heterocycles. The third-order valence-corrected chi connectivity index (χ3v) is 3.57. The molecule has 2 N–H and O–H groups in total. The van der Waals surface area contributed by atoms with Crippen molar-refractivity contribution in [3.63, 3.8) is 0 Å². The van der Waals surface area contributed by atoms with Crippen molar-refractivity contribution in [2.75, 3.05) is 0 Å². The number of hydrogen-bond acceptors (Lipinski definition) is 5. The van der Waals surface area contributed by atoms with Crippen LogP contribution < -0.4 is 5.73 Å². The molecule has 0 spiro atoms. The summed E-state index contributed by atoms with van der Waals surface area (Å²) in [5.41, 5.74) is 5.95. The van der Waals surface area contributed by atoms with Gasteiger partial charge in [0.25, 0.3) is 11.6 Å². The van der Waals surface area contributed by atoms with Crippen LogP contribution in [0.5, 0.6) is 0 Å². The van der Waals surface area contributed by atoms with Crippen molar-refractivity contribution < 1.29 is 14.1 Å². The number of nitro groups is 1. The zero-order valence-corrected chi connectivity index (χ0v) is 12.5. The van der Waals surface area contributed by atoms with Gasteiger partial charge in [0.05, 0.1) is 10.5 Å². The summed E-state index contributed by atoms with van der Waals surface area (Å²) in [5.74, 6) is -0.558. The second-order valence-corrected chi connectivity index (χ2v) is 5.40. The highest BCUT2D eigenvalue weighted by atomic mass is 79.9. The number of benzene rings is 2. The van der Waals surface area contributed by atoms with Crippen LogP contribution in [-0.2, 0) is 0 Å². The molecule has 7 nitrogen and oxygen atoms in total. The number of fused-ring (bicyclic) bond motifs is 1. The number of nitrogens with two attached hydrogens (primary N) is 1. The lowest BCUT2D eigenvalue weighted by molar-refractivity contribution is -0.384. The van der Waals surface area contributed by atoms with E-state index in [4.69, 9.17) is 10.2 Å². The van der Waals surface area contributed by atoms with Gasteiger partial charge in [-0.15, -0.1) is 0 Å². The summed E-state index contributed by atoms with van der Waals surface area (Å²) in [7, 11) is 0. The van der Waals surface area contributed by atoms with E-state index in [1.807, 2.05) is 12.1 Å². The van der Waals surface area contributed by atoms with Crippen LogP contribution in [0.1, 0.15) is 10.4 Å². The lowest BCUT2D eigenvalue weighted by Crippen LogP contribution is -2.11. The highest BCUT2D eigenvalue weighted by Crippen LogP contribution is 2.30. The summed E-state index contributed by atoms with van der Waals surface area (Å²) in [6.45, 7) is 0. The van der Waals surface area contributed by atoms with Crippen LogP contribution in [0.4, 0.5) is 5.69 Å². The Kier molecular flexibility index (Phi) is 3.38. The topological polar surface area (TPSA) is 112 Å². The molecule has 3 rings (SSSR count). The molecule has 0 saturated carbocycles. The Hall–Kier alpha value is -2.74. The molecular weight excluding hydrogens is 354 g/mol. The monoisotopic (exact) mass is 361 g/mol. The lowest BCUT2D eigenvalue weighted by atomic mass is 10.1. The van der Waals surface area contributed by atoms with E-state index in [2.05, 4.69) is 20.9 Å². The largest absolute Gasteiger partial charge is 0.435 e. The van der Waals surface area contributed by atoms with E-state index in [1.165, 1.54) is 6.07 Å². The van der Waals surface area contributed by atoms with E-state index < -0.39 is 10.8 Å². The van der Waals surface area contributed by atoms with Gasteiger partial charge in [0.2, 0.25) is 5.89 Å². The van der Waals surface area contributed by atoms with Crippen LogP contribution in [0.3, 0.4) is 0 Å². The van der Waals surface area contributed by atoms with Gasteiger partial charge < -0.3 is 10.2 Å². The number of rotatable bonds is 3. The predicted molar refractivity (Wildman–Crippen MR) is 82.3 cm³/mol. The molecular formula is C14H8BrN3O4. The maximum atomic E-state index is 11.5. The molecule has 0 aliphatic rings. The van der Waals surface area contributed by atoms with Gasteiger partial charge in [-0.1, -0.05) is 15.9 Å². The number of amides is 1. The van der Waals surface area contributed by atoms with Crippen LogP contribution >= 0.6 is 15.9 Å². The number of oxazole rings is 1. The van der Waals surface area contributed by atoms with Crippen molar-refractivity contribution >= 4 is 38.6 Å². The van der Waals surface area contributed by atoms with Gasteiger partial charge in [-0.3, -0.25) is 14.9 Å². The molecule has 0 aliphatic heterocycles. The molecule has 0 fully saturated rings. The fraction of sp³-hybridized carbons (Fsp3) is 0. The number of non-ortho nitro benzene ring substituents is 1. The first-order chi connectivity index (χ1) is 10.5. The Balaban J connectivity index is 2.24. The third-order valence-electron chi connectivity index (χ3n) is 3.04. The molecule has 2 aromatic carbocycles. The normalized spacial score (nSPS) is 10.8. The highest BCUT2D eigenvalue weighted by molar-refractivity contribution is 9.10. The van der Waals surface area contributed by atoms with Gasteiger partial charge >= 0.3 is 0 Å². The van der Waals surface area contributed by atoms with Crippen molar-refractivity contribution in [1.29, 1.82) is 0 Å². The summed E-state index contributed by atoms with van der Waals surface area (Å²) < 4.78 is 6.46. The van der Waals surface area contributed by atoms with Crippen molar-refractivity contribution in [1.82, 2.24) is 4.98 Å².